The van der Waals surface area contributed by atoms with Gasteiger partial charge in [0, 0.05) is 18.1 Å². The van der Waals surface area contributed by atoms with Gasteiger partial charge in [0.25, 0.3) is 5.89 Å². The lowest BCUT2D eigenvalue weighted by Crippen LogP contribution is -2.08. The van der Waals surface area contributed by atoms with Crippen molar-refractivity contribution in [1.29, 1.82) is 0 Å². The van der Waals surface area contributed by atoms with E-state index in [9.17, 15) is 9.59 Å². The SMILES string of the molecule is COc1ccc(-c2noc(COC(=O)CCC(=O)c3ccccc3)n2)c(OC)c1. The third-order valence-electron chi connectivity index (χ3n) is 4.13. The summed E-state index contributed by atoms with van der Waals surface area (Å²) in [6, 6.07) is 14.0. The second kappa shape index (κ2) is 9.50. The van der Waals surface area contributed by atoms with Gasteiger partial charge in [0.2, 0.25) is 5.82 Å². The maximum Gasteiger partial charge on any atom is 0.306 e. The maximum atomic E-state index is 12.0. The highest BCUT2D eigenvalue weighted by Gasteiger charge is 2.16. The van der Waals surface area contributed by atoms with Gasteiger partial charge < -0.3 is 18.7 Å². The molecule has 0 amide bonds. The number of aromatic nitrogens is 2. The van der Waals surface area contributed by atoms with Crippen LogP contribution < -0.4 is 9.47 Å². The van der Waals surface area contributed by atoms with Crippen LogP contribution in [-0.4, -0.2) is 36.1 Å². The van der Waals surface area contributed by atoms with Crippen molar-refractivity contribution in [3.63, 3.8) is 0 Å². The fraction of sp³-hybridized carbons (Fsp3) is 0.238. The second-order valence-corrected chi connectivity index (χ2v) is 6.03. The largest absolute Gasteiger partial charge is 0.497 e. The third-order valence-corrected chi connectivity index (χ3v) is 4.13. The van der Waals surface area contributed by atoms with Crippen molar-refractivity contribution in [2.75, 3.05) is 14.2 Å². The van der Waals surface area contributed by atoms with E-state index in [0.717, 1.165) is 0 Å². The van der Waals surface area contributed by atoms with Crippen molar-refractivity contribution < 1.29 is 28.3 Å². The van der Waals surface area contributed by atoms with Crippen molar-refractivity contribution in [2.45, 2.75) is 19.4 Å². The van der Waals surface area contributed by atoms with Crippen LogP contribution in [-0.2, 0) is 16.1 Å². The summed E-state index contributed by atoms with van der Waals surface area (Å²) >= 11 is 0. The molecule has 2 aromatic carbocycles. The van der Waals surface area contributed by atoms with Crippen molar-refractivity contribution in [1.82, 2.24) is 10.1 Å². The number of hydrogen-bond donors (Lipinski definition) is 0. The Balaban J connectivity index is 1.54. The number of esters is 1. The first kappa shape index (κ1) is 20.1. The molecule has 0 radical (unpaired) electrons. The van der Waals surface area contributed by atoms with Gasteiger partial charge in [-0.15, -0.1) is 0 Å². The van der Waals surface area contributed by atoms with Crippen molar-refractivity contribution in [2.24, 2.45) is 0 Å². The standard InChI is InChI=1S/C21H20N2O6/c1-26-15-8-9-16(18(12-15)27-2)21-22-19(29-23-21)13-28-20(25)11-10-17(24)14-6-4-3-5-7-14/h3-9,12H,10-11,13H2,1-2H3. The molecule has 0 bridgehead atoms. The second-order valence-electron chi connectivity index (χ2n) is 6.03. The van der Waals surface area contributed by atoms with E-state index in [2.05, 4.69) is 10.1 Å². The highest BCUT2D eigenvalue weighted by molar-refractivity contribution is 5.97. The van der Waals surface area contributed by atoms with Crippen LogP contribution in [0.1, 0.15) is 29.1 Å². The Hall–Kier alpha value is -3.68. The minimum atomic E-state index is -0.518. The summed E-state index contributed by atoms with van der Waals surface area (Å²) in [5.74, 6) is 0.960. The van der Waals surface area contributed by atoms with Crippen LogP contribution in [0.15, 0.2) is 53.1 Å². The fourth-order valence-corrected chi connectivity index (χ4v) is 2.60. The third kappa shape index (κ3) is 5.19. The van der Waals surface area contributed by atoms with Gasteiger partial charge in [-0.25, -0.2) is 0 Å². The van der Waals surface area contributed by atoms with Crippen LogP contribution >= 0.6 is 0 Å². The number of benzene rings is 2. The zero-order chi connectivity index (χ0) is 20.6. The Labute approximate surface area is 167 Å². The quantitative estimate of drug-likeness (QED) is 0.400. The summed E-state index contributed by atoms with van der Waals surface area (Å²) in [6.07, 6.45) is 0.0437. The van der Waals surface area contributed by atoms with Gasteiger partial charge in [0.05, 0.1) is 26.2 Å². The molecule has 3 rings (SSSR count). The fourth-order valence-electron chi connectivity index (χ4n) is 2.60. The Morgan fingerprint density at radius 2 is 1.79 bits per heavy atom. The molecule has 1 heterocycles. The zero-order valence-corrected chi connectivity index (χ0v) is 16.1. The first-order valence-electron chi connectivity index (χ1n) is 8.89. The van der Waals surface area contributed by atoms with E-state index in [4.69, 9.17) is 18.7 Å². The number of carbonyl (C=O) groups excluding carboxylic acids is 2. The van der Waals surface area contributed by atoms with Gasteiger partial charge in [-0.1, -0.05) is 35.5 Å². The molecule has 0 fully saturated rings. The van der Waals surface area contributed by atoms with Crippen molar-refractivity contribution in [3.8, 4) is 22.9 Å². The van der Waals surface area contributed by atoms with Crippen LogP contribution in [0.4, 0.5) is 0 Å². The molecular weight excluding hydrogens is 376 g/mol. The summed E-state index contributed by atoms with van der Waals surface area (Å²) in [4.78, 5) is 28.1. The number of rotatable bonds is 9. The molecule has 0 spiro atoms. The molecule has 0 aliphatic rings. The van der Waals surface area contributed by atoms with Gasteiger partial charge in [-0.05, 0) is 12.1 Å². The van der Waals surface area contributed by atoms with Gasteiger partial charge in [-0.2, -0.15) is 4.98 Å². The molecule has 0 aliphatic carbocycles. The first-order chi connectivity index (χ1) is 14.1. The van der Waals surface area contributed by atoms with E-state index < -0.39 is 5.97 Å². The predicted molar refractivity (Wildman–Crippen MR) is 103 cm³/mol. The number of carbonyl (C=O) groups is 2. The Morgan fingerprint density at radius 3 is 2.52 bits per heavy atom. The summed E-state index contributed by atoms with van der Waals surface area (Å²) in [6.45, 7) is -0.177. The van der Waals surface area contributed by atoms with E-state index >= 15 is 0 Å². The first-order valence-corrected chi connectivity index (χ1v) is 8.89. The minimum Gasteiger partial charge on any atom is -0.497 e. The lowest BCUT2D eigenvalue weighted by atomic mass is 10.1. The number of hydrogen-bond acceptors (Lipinski definition) is 8. The maximum absolute atomic E-state index is 12.0. The van der Waals surface area contributed by atoms with Gasteiger partial charge in [0.15, 0.2) is 12.4 Å². The van der Waals surface area contributed by atoms with Crippen LogP contribution in [0, 0.1) is 0 Å². The summed E-state index contributed by atoms with van der Waals surface area (Å²) in [5, 5.41) is 3.89. The number of ether oxygens (including phenoxy) is 3. The number of methoxy groups -OCH3 is 2. The number of Topliss-reactive ketones (excluding diaryl/α,β-unsaturated/α-hetero) is 1. The topological polar surface area (TPSA) is 101 Å². The average Bonchev–Trinajstić information content (AvgIpc) is 3.25. The molecule has 3 aromatic rings. The van der Waals surface area contributed by atoms with Crippen molar-refractivity contribution >= 4 is 11.8 Å². The predicted octanol–water partition coefficient (Wildman–Crippen LogP) is 3.46. The summed E-state index contributed by atoms with van der Waals surface area (Å²) in [7, 11) is 3.08. The van der Waals surface area contributed by atoms with Crippen molar-refractivity contribution in [3.05, 3.63) is 60.0 Å². The van der Waals surface area contributed by atoms with E-state index in [1.54, 1.807) is 49.6 Å². The van der Waals surface area contributed by atoms with Crippen LogP contribution in [0.5, 0.6) is 11.5 Å². The molecule has 0 atom stereocenters. The number of nitrogens with zero attached hydrogens (tertiary/aromatic N) is 2. The van der Waals surface area contributed by atoms with Crippen LogP contribution in [0.2, 0.25) is 0 Å². The molecule has 0 aliphatic heterocycles. The zero-order valence-electron chi connectivity index (χ0n) is 16.1. The van der Waals surface area contributed by atoms with E-state index in [1.807, 2.05) is 6.07 Å². The molecular formula is C21H20N2O6. The smallest absolute Gasteiger partial charge is 0.306 e. The highest BCUT2D eigenvalue weighted by Crippen LogP contribution is 2.31. The molecule has 1 aromatic heterocycles. The van der Waals surface area contributed by atoms with E-state index in [-0.39, 0.29) is 31.1 Å². The molecule has 150 valence electrons. The molecule has 8 heteroatoms. The minimum absolute atomic E-state index is 0.0268. The van der Waals surface area contributed by atoms with E-state index in [1.165, 1.54) is 7.11 Å². The lowest BCUT2D eigenvalue weighted by Gasteiger charge is -2.07. The Morgan fingerprint density at radius 1 is 1.00 bits per heavy atom. The molecule has 0 N–H and O–H groups in total. The Bertz CT molecular complexity index is 984. The van der Waals surface area contributed by atoms with Gasteiger partial charge in [0.1, 0.15) is 11.5 Å². The summed E-state index contributed by atoms with van der Waals surface area (Å²) < 4.78 is 20.7. The molecule has 0 saturated heterocycles. The van der Waals surface area contributed by atoms with E-state index in [0.29, 0.717) is 28.5 Å². The Kier molecular flexibility index (Phi) is 6.57. The van der Waals surface area contributed by atoms with Gasteiger partial charge in [-0.3, -0.25) is 9.59 Å². The van der Waals surface area contributed by atoms with Crippen LogP contribution in [0.25, 0.3) is 11.4 Å². The lowest BCUT2D eigenvalue weighted by molar-refractivity contribution is -0.145. The molecule has 0 saturated carbocycles. The number of ketones is 1. The molecule has 0 unspecified atom stereocenters. The van der Waals surface area contributed by atoms with Gasteiger partial charge >= 0.3 is 5.97 Å². The average molecular weight is 396 g/mol. The highest BCUT2D eigenvalue weighted by atomic mass is 16.6. The van der Waals surface area contributed by atoms with Crippen LogP contribution in [0.3, 0.4) is 0 Å². The summed E-state index contributed by atoms with van der Waals surface area (Å²) in [5.41, 5.74) is 1.18. The molecule has 29 heavy (non-hydrogen) atoms. The normalized spacial score (nSPS) is 10.4. The monoisotopic (exact) mass is 396 g/mol. The molecule has 8 nitrogen and oxygen atoms in total.